The number of allylic oxidation sites excluding steroid dienone is 1. The Kier molecular flexibility index (Phi) is 10.6. The van der Waals surface area contributed by atoms with Crippen molar-refractivity contribution in [3.05, 3.63) is 119 Å². The van der Waals surface area contributed by atoms with Crippen molar-refractivity contribution in [2.45, 2.75) is 64.5 Å². The number of rotatable bonds is 13. The highest BCUT2D eigenvalue weighted by Crippen LogP contribution is 2.26. The SMILES string of the molecule is C=CCCCCc1ccc(C=NN=C(c2ccccc2)c2ccc(C(CC)CC(C)F)cc2)cc1. The Hall–Kier alpha value is -3.33. The van der Waals surface area contributed by atoms with Gasteiger partial charge in [-0.1, -0.05) is 91.9 Å². The molecule has 0 N–H and O–H groups in total. The molecule has 0 fully saturated rings. The van der Waals surface area contributed by atoms with E-state index in [-0.39, 0.29) is 5.92 Å². The van der Waals surface area contributed by atoms with Gasteiger partial charge in [0, 0.05) is 11.1 Å². The third-order valence-electron chi connectivity index (χ3n) is 6.27. The fourth-order valence-corrected chi connectivity index (χ4v) is 4.26. The second-order valence-corrected chi connectivity index (χ2v) is 9.08. The van der Waals surface area contributed by atoms with Crippen molar-refractivity contribution < 1.29 is 4.39 Å². The second-order valence-electron chi connectivity index (χ2n) is 9.08. The number of aryl methyl sites for hydroxylation is 1. The van der Waals surface area contributed by atoms with Crippen molar-refractivity contribution in [2.75, 3.05) is 0 Å². The normalized spacial score (nSPS) is 13.6. The summed E-state index contributed by atoms with van der Waals surface area (Å²) >= 11 is 0. The van der Waals surface area contributed by atoms with Crippen molar-refractivity contribution in [3.63, 3.8) is 0 Å². The van der Waals surface area contributed by atoms with Crippen LogP contribution in [0, 0.1) is 0 Å². The number of hydrogen-bond acceptors (Lipinski definition) is 2. The van der Waals surface area contributed by atoms with E-state index in [1.165, 1.54) is 24.0 Å². The van der Waals surface area contributed by atoms with Crippen molar-refractivity contribution in [2.24, 2.45) is 10.2 Å². The molecule has 0 aliphatic rings. The molecular formula is C32H37FN2. The molecule has 0 saturated carbocycles. The lowest BCUT2D eigenvalue weighted by Crippen LogP contribution is -2.06. The molecule has 3 heteroatoms. The van der Waals surface area contributed by atoms with Gasteiger partial charge in [-0.15, -0.1) is 11.7 Å². The van der Waals surface area contributed by atoms with Gasteiger partial charge in [0.25, 0.3) is 0 Å². The number of unbranched alkanes of at least 4 members (excludes halogenated alkanes) is 2. The van der Waals surface area contributed by atoms with E-state index in [1.807, 2.05) is 36.4 Å². The van der Waals surface area contributed by atoms with E-state index in [0.29, 0.717) is 6.42 Å². The molecule has 0 heterocycles. The summed E-state index contributed by atoms with van der Waals surface area (Å²) in [6.45, 7) is 7.53. The molecule has 0 aliphatic carbocycles. The molecule has 3 rings (SSSR count). The highest BCUT2D eigenvalue weighted by atomic mass is 19.1. The molecule has 2 unspecified atom stereocenters. The predicted octanol–water partition coefficient (Wildman–Crippen LogP) is 8.70. The van der Waals surface area contributed by atoms with Crippen LogP contribution in [-0.2, 0) is 6.42 Å². The van der Waals surface area contributed by atoms with Gasteiger partial charge in [-0.05, 0) is 68.1 Å². The molecular weight excluding hydrogens is 431 g/mol. The predicted molar refractivity (Wildman–Crippen MR) is 149 cm³/mol. The molecule has 182 valence electrons. The van der Waals surface area contributed by atoms with Crippen LogP contribution in [0.15, 0.2) is 102 Å². The quantitative estimate of drug-likeness (QED) is 0.104. The van der Waals surface area contributed by atoms with E-state index in [4.69, 9.17) is 0 Å². The minimum atomic E-state index is -0.804. The van der Waals surface area contributed by atoms with Gasteiger partial charge in [0.1, 0.15) is 5.71 Å². The van der Waals surface area contributed by atoms with Gasteiger partial charge in [-0.2, -0.15) is 5.10 Å². The van der Waals surface area contributed by atoms with Gasteiger partial charge in [-0.3, -0.25) is 0 Å². The summed E-state index contributed by atoms with van der Waals surface area (Å²) < 4.78 is 13.6. The van der Waals surface area contributed by atoms with Crippen molar-refractivity contribution >= 4 is 11.9 Å². The van der Waals surface area contributed by atoms with E-state index in [0.717, 1.165) is 41.7 Å². The maximum Gasteiger partial charge on any atom is 0.100 e. The molecule has 0 saturated heterocycles. The lowest BCUT2D eigenvalue weighted by molar-refractivity contribution is 0.316. The van der Waals surface area contributed by atoms with Crippen LogP contribution >= 0.6 is 0 Å². The molecule has 0 amide bonds. The first-order valence-corrected chi connectivity index (χ1v) is 12.7. The Morgan fingerprint density at radius 3 is 2.23 bits per heavy atom. The summed E-state index contributed by atoms with van der Waals surface area (Å²) in [6.07, 6.45) is 8.96. The van der Waals surface area contributed by atoms with Crippen LogP contribution in [0.5, 0.6) is 0 Å². The number of halogens is 1. The van der Waals surface area contributed by atoms with Crippen LogP contribution in [0.2, 0.25) is 0 Å². The summed E-state index contributed by atoms with van der Waals surface area (Å²) in [6, 6.07) is 27.0. The highest BCUT2D eigenvalue weighted by molar-refractivity contribution is 6.13. The van der Waals surface area contributed by atoms with Gasteiger partial charge in [0.15, 0.2) is 0 Å². The summed E-state index contributed by atoms with van der Waals surface area (Å²) in [5.41, 5.74) is 6.36. The molecule has 0 aromatic heterocycles. The van der Waals surface area contributed by atoms with E-state index < -0.39 is 6.17 Å². The molecule has 0 spiro atoms. The fourth-order valence-electron chi connectivity index (χ4n) is 4.26. The van der Waals surface area contributed by atoms with E-state index in [1.54, 1.807) is 13.1 Å². The average Bonchev–Trinajstić information content (AvgIpc) is 2.89. The highest BCUT2D eigenvalue weighted by Gasteiger charge is 2.14. The monoisotopic (exact) mass is 468 g/mol. The maximum absolute atomic E-state index is 13.6. The van der Waals surface area contributed by atoms with Gasteiger partial charge < -0.3 is 0 Å². The standard InChI is InChI=1S/C32H37FN2/c1-4-6-7-9-12-26-15-17-27(18-16-26)24-34-35-32(30-13-10-8-11-14-30)31-21-19-29(20-22-31)28(5-2)23-25(3)33/h4,8,10-11,13-22,24-25,28H,1,5-7,9,12,23H2,2-3H3. The topological polar surface area (TPSA) is 24.7 Å². The second kappa shape index (κ2) is 14.2. The van der Waals surface area contributed by atoms with Gasteiger partial charge in [-0.25, -0.2) is 4.39 Å². The third kappa shape index (κ3) is 8.43. The zero-order valence-corrected chi connectivity index (χ0v) is 21.0. The third-order valence-corrected chi connectivity index (χ3v) is 6.27. The number of nitrogens with zero attached hydrogens (tertiary/aromatic N) is 2. The molecule has 0 bridgehead atoms. The minimum Gasteiger partial charge on any atom is -0.248 e. The summed E-state index contributed by atoms with van der Waals surface area (Å²) in [5, 5.41) is 9.04. The van der Waals surface area contributed by atoms with Crippen LogP contribution in [0.25, 0.3) is 0 Å². The van der Waals surface area contributed by atoms with Crippen molar-refractivity contribution in [1.29, 1.82) is 0 Å². The summed E-state index contributed by atoms with van der Waals surface area (Å²) in [4.78, 5) is 0. The molecule has 35 heavy (non-hydrogen) atoms. The van der Waals surface area contributed by atoms with Crippen LogP contribution in [0.4, 0.5) is 4.39 Å². The maximum atomic E-state index is 13.6. The van der Waals surface area contributed by atoms with Gasteiger partial charge in [0.05, 0.1) is 12.4 Å². The Balaban J connectivity index is 1.77. The molecule has 2 nitrogen and oxygen atoms in total. The molecule has 0 aliphatic heterocycles. The van der Waals surface area contributed by atoms with E-state index in [9.17, 15) is 4.39 Å². The molecule has 0 radical (unpaired) electrons. The Labute approximate surface area is 210 Å². The Morgan fingerprint density at radius 2 is 1.60 bits per heavy atom. The first kappa shape index (κ1) is 26.3. The fraction of sp³-hybridized carbons (Fsp3) is 0.312. The zero-order valence-electron chi connectivity index (χ0n) is 21.0. The number of benzene rings is 3. The lowest BCUT2D eigenvalue weighted by Gasteiger charge is -2.16. The van der Waals surface area contributed by atoms with Gasteiger partial charge >= 0.3 is 0 Å². The van der Waals surface area contributed by atoms with Crippen LogP contribution in [0.1, 0.15) is 79.7 Å². The summed E-state index contributed by atoms with van der Waals surface area (Å²) in [5.74, 6) is 0.226. The smallest absolute Gasteiger partial charge is 0.100 e. The van der Waals surface area contributed by atoms with Gasteiger partial charge in [0.2, 0.25) is 0 Å². The first-order valence-electron chi connectivity index (χ1n) is 12.7. The molecule has 3 aromatic carbocycles. The van der Waals surface area contributed by atoms with Crippen molar-refractivity contribution in [1.82, 2.24) is 0 Å². The summed E-state index contributed by atoms with van der Waals surface area (Å²) in [7, 11) is 0. The number of alkyl halides is 1. The van der Waals surface area contributed by atoms with Crippen LogP contribution in [0.3, 0.4) is 0 Å². The van der Waals surface area contributed by atoms with E-state index in [2.05, 4.69) is 72.2 Å². The molecule has 2 atom stereocenters. The van der Waals surface area contributed by atoms with E-state index >= 15 is 0 Å². The van der Waals surface area contributed by atoms with Crippen LogP contribution < -0.4 is 0 Å². The first-order chi connectivity index (χ1) is 17.1. The largest absolute Gasteiger partial charge is 0.248 e. The Bertz CT molecular complexity index is 1080. The minimum absolute atomic E-state index is 0.226. The number of hydrogen-bond donors (Lipinski definition) is 0. The van der Waals surface area contributed by atoms with Crippen molar-refractivity contribution in [3.8, 4) is 0 Å². The lowest BCUT2D eigenvalue weighted by atomic mass is 9.90. The average molecular weight is 469 g/mol. The zero-order chi connectivity index (χ0) is 24.9. The van der Waals surface area contributed by atoms with Crippen LogP contribution in [-0.4, -0.2) is 18.1 Å². The molecule has 3 aromatic rings. The Morgan fingerprint density at radius 1 is 0.914 bits per heavy atom.